The molecule has 3 aromatic rings. The molecule has 1 aromatic heterocycles. The van der Waals surface area contributed by atoms with Crippen LogP contribution in [0.15, 0.2) is 60.7 Å². The molecule has 4 rings (SSSR count). The van der Waals surface area contributed by atoms with Crippen LogP contribution in [0.25, 0.3) is 11.4 Å². The van der Waals surface area contributed by atoms with Gasteiger partial charge in [0, 0.05) is 24.2 Å². The molecule has 0 radical (unpaired) electrons. The Morgan fingerprint density at radius 1 is 0.833 bits per heavy atom. The van der Waals surface area contributed by atoms with E-state index in [2.05, 4.69) is 14.8 Å². The lowest BCUT2D eigenvalue weighted by atomic mass is 10.2. The number of hydrogen-bond donors (Lipinski definition) is 0. The summed E-state index contributed by atoms with van der Waals surface area (Å²) in [6, 6.07) is 19.3. The van der Waals surface area contributed by atoms with Crippen molar-refractivity contribution in [1.29, 1.82) is 0 Å². The fourth-order valence-electron chi connectivity index (χ4n) is 3.07. The van der Waals surface area contributed by atoms with E-state index in [-0.39, 0.29) is 5.91 Å². The van der Waals surface area contributed by atoms with Gasteiger partial charge in [0.1, 0.15) is 0 Å². The maximum absolute atomic E-state index is 12.9. The number of nitrogens with zero attached hydrogens (tertiary/aromatic N) is 4. The van der Waals surface area contributed by atoms with Gasteiger partial charge in [0.05, 0.1) is 0 Å². The van der Waals surface area contributed by atoms with Crippen LogP contribution in [0.3, 0.4) is 0 Å². The minimum Gasteiger partial charge on any atom is -0.293 e. The lowest BCUT2D eigenvalue weighted by Crippen LogP contribution is -2.33. The predicted molar refractivity (Wildman–Crippen MR) is 92.8 cm³/mol. The molecule has 5 nitrogen and oxygen atoms in total. The minimum absolute atomic E-state index is 0.0224. The smallest absolute Gasteiger partial charge is 0.260 e. The Morgan fingerprint density at radius 2 is 1.50 bits per heavy atom. The van der Waals surface area contributed by atoms with Gasteiger partial charge in [-0.3, -0.25) is 14.3 Å². The fraction of sp³-hybridized carbons (Fsp3) is 0.211. The van der Waals surface area contributed by atoms with Gasteiger partial charge < -0.3 is 0 Å². The van der Waals surface area contributed by atoms with Crippen molar-refractivity contribution in [3.8, 4) is 11.4 Å². The molecule has 0 N–H and O–H groups in total. The fourth-order valence-corrected chi connectivity index (χ4v) is 3.07. The van der Waals surface area contributed by atoms with Crippen molar-refractivity contribution in [3.63, 3.8) is 0 Å². The number of fused-ring (bicyclic) bond motifs is 1. The second kappa shape index (κ2) is 6.28. The van der Waals surface area contributed by atoms with Crippen molar-refractivity contribution in [2.45, 2.75) is 19.4 Å². The summed E-state index contributed by atoms with van der Waals surface area (Å²) in [6.45, 7) is 1.49. The van der Waals surface area contributed by atoms with Crippen LogP contribution in [0.1, 0.15) is 23.2 Å². The quantitative estimate of drug-likeness (QED) is 0.728. The first-order chi connectivity index (χ1) is 11.8. The van der Waals surface area contributed by atoms with E-state index in [9.17, 15) is 4.79 Å². The first-order valence-corrected chi connectivity index (χ1v) is 8.20. The first-order valence-electron chi connectivity index (χ1n) is 8.20. The molecule has 0 fully saturated rings. The number of carbonyl (C=O) groups excluding carboxylic acids is 1. The summed E-state index contributed by atoms with van der Waals surface area (Å²) in [5.41, 5.74) is 1.69. The van der Waals surface area contributed by atoms with Gasteiger partial charge in [-0.25, -0.2) is 0 Å². The van der Waals surface area contributed by atoms with Crippen molar-refractivity contribution >= 4 is 11.9 Å². The normalized spacial score (nSPS) is 14.1. The molecule has 0 spiro atoms. The highest BCUT2D eigenvalue weighted by Gasteiger charge is 2.26. The van der Waals surface area contributed by atoms with E-state index in [0.29, 0.717) is 18.1 Å². The Labute approximate surface area is 140 Å². The Morgan fingerprint density at radius 3 is 2.25 bits per heavy atom. The predicted octanol–water partition coefficient (Wildman–Crippen LogP) is 3.39. The average Bonchev–Trinajstić information content (AvgIpc) is 2.95. The molecule has 0 unspecified atom stereocenters. The van der Waals surface area contributed by atoms with E-state index in [0.717, 1.165) is 30.8 Å². The maximum Gasteiger partial charge on any atom is 0.260 e. The van der Waals surface area contributed by atoms with E-state index < -0.39 is 0 Å². The molecule has 24 heavy (non-hydrogen) atoms. The van der Waals surface area contributed by atoms with Gasteiger partial charge in [-0.1, -0.05) is 48.5 Å². The van der Waals surface area contributed by atoms with E-state index in [1.807, 2.05) is 60.7 Å². The molecular formula is C19H18N4O. The van der Waals surface area contributed by atoms with Crippen LogP contribution in [-0.4, -0.2) is 27.2 Å². The molecule has 2 aromatic carbocycles. The number of amides is 1. The molecule has 1 aliphatic heterocycles. The van der Waals surface area contributed by atoms with Crippen LogP contribution in [0, 0.1) is 0 Å². The van der Waals surface area contributed by atoms with Crippen molar-refractivity contribution in [3.05, 3.63) is 66.2 Å². The Hall–Kier alpha value is -2.95. The lowest BCUT2D eigenvalue weighted by Gasteiger charge is -2.19. The second-order valence-electron chi connectivity index (χ2n) is 5.87. The highest BCUT2D eigenvalue weighted by atomic mass is 16.2. The van der Waals surface area contributed by atoms with Crippen LogP contribution < -0.4 is 4.90 Å². The van der Waals surface area contributed by atoms with Crippen molar-refractivity contribution in [2.24, 2.45) is 0 Å². The molecule has 0 bridgehead atoms. The van der Waals surface area contributed by atoms with Crippen molar-refractivity contribution < 1.29 is 4.79 Å². The van der Waals surface area contributed by atoms with Gasteiger partial charge in [0.2, 0.25) is 5.95 Å². The highest BCUT2D eigenvalue weighted by Crippen LogP contribution is 2.26. The number of benzene rings is 2. The minimum atomic E-state index is -0.0224. The average molecular weight is 318 g/mol. The van der Waals surface area contributed by atoms with Gasteiger partial charge in [0.15, 0.2) is 5.82 Å². The van der Waals surface area contributed by atoms with Gasteiger partial charge in [-0.15, -0.1) is 10.2 Å². The van der Waals surface area contributed by atoms with Gasteiger partial charge in [-0.2, -0.15) is 0 Å². The number of aromatic nitrogens is 3. The second-order valence-corrected chi connectivity index (χ2v) is 5.87. The zero-order valence-electron chi connectivity index (χ0n) is 13.3. The number of rotatable bonds is 2. The van der Waals surface area contributed by atoms with Crippen LogP contribution in [-0.2, 0) is 6.54 Å². The summed E-state index contributed by atoms with van der Waals surface area (Å²) in [5.74, 6) is 1.43. The maximum atomic E-state index is 12.9. The Balaban J connectivity index is 1.75. The van der Waals surface area contributed by atoms with Crippen LogP contribution in [0.4, 0.5) is 5.95 Å². The van der Waals surface area contributed by atoms with Crippen LogP contribution >= 0.6 is 0 Å². The monoisotopic (exact) mass is 318 g/mol. The van der Waals surface area contributed by atoms with E-state index in [1.165, 1.54) is 0 Å². The zero-order chi connectivity index (χ0) is 16.4. The lowest BCUT2D eigenvalue weighted by molar-refractivity contribution is 0.0985. The van der Waals surface area contributed by atoms with Gasteiger partial charge in [-0.05, 0) is 25.0 Å². The SMILES string of the molecule is O=C(c1ccccc1)N1CCCCn2c(-c3ccccc3)nnc21. The summed E-state index contributed by atoms with van der Waals surface area (Å²) in [5, 5.41) is 8.69. The molecule has 0 saturated carbocycles. The summed E-state index contributed by atoms with van der Waals surface area (Å²) < 4.78 is 2.06. The molecule has 1 amide bonds. The molecule has 0 atom stereocenters. The van der Waals surface area contributed by atoms with Gasteiger partial charge in [0.25, 0.3) is 5.91 Å². The van der Waals surface area contributed by atoms with E-state index in [4.69, 9.17) is 0 Å². The molecule has 0 aliphatic carbocycles. The summed E-state index contributed by atoms with van der Waals surface area (Å²) in [6.07, 6.45) is 1.96. The van der Waals surface area contributed by atoms with Gasteiger partial charge >= 0.3 is 0 Å². The third-order valence-corrected chi connectivity index (χ3v) is 4.28. The molecular weight excluding hydrogens is 300 g/mol. The standard InChI is InChI=1S/C19H18N4O/c24-18(16-11-5-2-6-12-16)23-14-8-7-13-22-17(20-21-19(22)23)15-9-3-1-4-10-15/h1-6,9-12H,7-8,13-14H2. The Kier molecular flexibility index (Phi) is 3.83. The summed E-state index contributed by atoms with van der Waals surface area (Å²) in [7, 11) is 0. The first kappa shape index (κ1) is 14.6. The topological polar surface area (TPSA) is 51.0 Å². The summed E-state index contributed by atoms with van der Waals surface area (Å²) in [4.78, 5) is 14.7. The van der Waals surface area contributed by atoms with E-state index >= 15 is 0 Å². The molecule has 120 valence electrons. The zero-order valence-corrected chi connectivity index (χ0v) is 13.3. The Bertz CT molecular complexity index is 842. The summed E-state index contributed by atoms with van der Waals surface area (Å²) >= 11 is 0. The van der Waals surface area contributed by atoms with Crippen molar-refractivity contribution in [2.75, 3.05) is 11.4 Å². The highest BCUT2D eigenvalue weighted by molar-refractivity contribution is 6.05. The molecule has 1 aliphatic rings. The van der Waals surface area contributed by atoms with Crippen molar-refractivity contribution in [1.82, 2.24) is 14.8 Å². The third-order valence-electron chi connectivity index (χ3n) is 4.28. The molecule has 2 heterocycles. The number of hydrogen-bond acceptors (Lipinski definition) is 3. The number of carbonyl (C=O) groups is 1. The number of anilines is 1. The molecule has 0 saturated heterocycles. The van der Waals surface area contributed by atoms with Crippen LogP contribution in [0.2, 0.25) is 0 Å². The van der Waals surface area contributed by atoms with E-state index in [1.54, 1.807) is 4.90 Å². The third kappa shape index (κ3) is 2.58. The van der Waals surface area contributed by atoms with Crippen LogP contribution in [0.5, 0.6) is 0 Å². The largest absolute Gasteiger partial charge is 0.293 e. The molecule has 5 heteroatoms.